The maximum Gasteiger partial charge on any atom is 0.165 e. The second kappa shape index (κ2) is 7.28. The average Bonchev–Trinajstić information content (AvgIpc) is 3.12. The molecule has 1 N–H and O–H groups in total. The van der Waals surface area contributed by atoms with Crippen LogP contribution in [0.25, 0.3) is 10.9 Å². The molecule has 2 aromatic rings. The first-order valence-electron chi connectivity index (χ1n) is 9.70. The van der Waals surface area contributed by atoms with Gasteiger partial charge in [0, 0.05) is 43.9 Å². The van der Waals surface area contributed by atoms with Crippen molar-refractivity contribution in [2.75, 3.05) is 51.6 Å². The highest BCUT2D eigenvalue weighted by atomic mass is 32.2. The molecule has 1 atom stereocenters. The van der Waals surface area contributed by atoms with E-state index in [1.165, 1.54) is 12.5 Å². The number of piperidine rings is 1. The SMILES string of the molecule is COc1cc2ncc(F)c(N3CCC4(CC3)CCN(S(C)(=N)=O)C4)c2cc1OC. The third-order valence-corrected chi connectivity index (χ3v) is 7.63. The van der Waals surface area contributed by atoms with E-state index in [2.05, 4.69) is 9.88 Å². The van der Waals surface area contributed by atoms with Crippen LogP contribution in [0.5, 0.6) is 11.5 Å². The van der Waals surface area contributed by atoms with Gasteiger partial charge >= 0.3 is 0 Å². The highest BCUT2D eigenvalue weighted by Gasteiger charge is 2.42. The van der Waals surface area contributed by atoms with Crippen molar-refractivity contribution in [1.29, 1.82) is 4.78 Å². The zero-order chi connectivity index (χ0) is 20.8. The summed E-state index contributed by atoms with van der Waals surface area (Å²) < 4.78 is 47.4. The molecule has 1 spiro atoms. The molecular formula is C20H27FN4O3S. The Morgan fingerprint density at radius 3 is 2.34 bits per heavy atom. The van der Waals surface area contributed by atoms with E-state index in [-0.39, 0.29) is 11.2 Å². The fraction of sp³-hybridized carbons (Fsp3) is 0.550. The number of nitrogens with zero attached hydrogens (tertiary/aromatic N) is 3. The fourth-order valence-corrected chi connectivity index (χ4v) is 5.57. The van der Waals surface area contributed by atoms with Crippen LogP contribution in [0.1, 0.15) is 19.3 Å². The summed E-state index contributed by atoms with van der Waals surface area (Å²) in [5, 5.41) is 0.703. The number of rotatable bonds is 4. The smallest absolute Gasteiger partial charge is 0.165 e. The number of halogens is 1. The van der Waals surface area contributed by atoms with Gasteiger partial charge in [0.2, 0.25) is 0 Å². The lowest BCUT2D eigenvalue weighted by atomic mass is 9.77. The van der Waals surface area contributed by atoms with Crippen LogP contribution in [0.2, 0.25) is 0 Å². The largest absolute Gasteiger partial charge is 0.493 e. The molecule has 1 unspecified atom stereocenters. The van der Waals surface area contributed by atoms with Crippen LogP contribution >= 0.6 is 0 Å². The van der Waals surface area contributed by atoms with E-state index in [0.717, 1.165) is 19.3 Å². The van der Waals surface area contributed by atoms with E-state index in [9.17, 15) is 8.60 Å². The topological polar surface area (TPSA) is 78.8 Å². The van der Waals surface area contributed by atoms with Crippen molar-refractivity contribution in [1.82, 2.24) is 9.29 Å². The molecule has 0 aliphatic carbocycles. The predicted octanol–water partition coefficient (Wildman–Crippen LogP) is 3.27. The quantitative estimate of drug-likeness (QED) is 0.818. The van der Waals surface area contributed by atoms with Crippen molar-refractivity contribution in [3.8, 4) is 11.5 Å². The summed E-state index contributed by atoms with van der Waals surface area (Å²) in [5.74, 6) is 0.755. The number of aromatic nitrogens is 1. The van der Waals surface area contributed by atoms with Crippen molar-refractivity contribution < 1.29 is 18.1 Å². The Balaban J connectivity index is 1.62. The molecule has 2 aliphatic heterocycles. The van der Waals surface area contributed by atoms with E-state index >= 15 is 0 Å². The molecule has 1 aromatic heterocycles. The van der Waals surface area contributed by atoms with Crippen molar-refractivity contribution in [3.05, 3.63) is 24.1 Å². The van der Waals surface area contributed by atoms with Crippen molar-refractivity contribution in [2.24, 2.45) is 5.41 Å². The Labute approximate surface area is 170 Å². The molecule has 7 nitrogen and oxygen atoms in total. The zero-order valence-corrected chi connectivity index (χ0v) is 17.9. The molecule has 158 valence electrons. The lowest BCUT2D eigenvalue weighted by Gasteiger charge is -2.40. The first kappa shape index (κ1) is 20.2. The van der Waals surface area contributed by atoms with E-state index in [1.807, 2.05) is 0 Å². The summed E-state index contributed by atoms with van der Waals surface area (Å²) in [4.78, 5) is 6.30. The van der Waals surface area contributed by atoms with E-state index in [4.69, 9.17) is 14.3 Å². The van der Waals surface area contributed by atoms with Gasteiger partial charge in [0.1, 0.15) is 9.92 Å². The first-order valence-corrected chi connectivity index (χ1v) is 11.6. The van der Waals surface area contributed by atoms with Crippen molar-refractivity contribution in [2.45, 2.75) is 19.3 Å². The average molecular weight is 423 g/mol. The first-order chi connectivity index (χ1) is 13.8. The monoisotopic (exact) mass is 422 g/mol. The number of benzene rings is 1. The maximum absolute atomic E-state index is 14.9. The number of hydrogen-bond acceptors (Lipinski definition) is 6. The molecule has 3 heterocycles. The van der Waals surface area contributed by atoms with Crippen LogP contribution in [0.4, 0.5) is 10.1 Å². The van der Waals surface area contributed by atoms with Crippen LogP contribution in [-0.2, 0) is 9.92 Å². The molecule has 4 rings (SSSR count). The molecule has 0 saturated carbocycles. The van der Waals surface area contributed by atoms with Gasteiger partial charge in [-0.2, -0.15) is 0 Å². The predicted molar refractivity (Wildman–Crippen MR) is 112 cm³/mol. The lowest BCUT2D eigenvalue weighted by Crippen LogP contribution is -2.42. The third kappa shape index (κ3) is 3.61. The minimum atomic E-state index is -2.67. The summed E-state index contributed by atoms with van der Waals surface area (Å²) in [6.07, 6.45) is 5.46. The van der Waals surface area contributed by atoms with Gasteiger partial charge in [0.05, 0.1) is 31.6 Å². The Bertz CT molecular complexity index is 1040. The zero-order valence-electron chi connectivity index (χ0n) is 17.0. The Morgan fingerprint density at radius 1 is 1.14 bits per heavy atom. The van der Waals surface area contributed by atoms with E-state index in [1.54, 1.807) is 30.7 Å². The van der Waals surface area contributed by atoms with Crippen LogP contribution in [0, 0.1) is 16.0 Å². The molecule has 9 heteroatoms. The normalized spacial score (nSPS) is 21.4. The standard InChI is InChI=1S/C20H27FN4O3S/c1-27-17-10-14-16(11-18(17)28-2)23-12-15(21)19(14)24-7-4-20(5-8-24)6-9-25(13-20)29(3,22)26/h10-12,22H,4-9,13H2,1-3H3. The van der Waals surface area contributed by atoms with Gasteiger partial charge < -0.3 is 14.4 Å². The molecule has 2 saturated heterocycles. The van der Waals surface area contributed by atoms with Crippen LogP contribution in [-0.4, -0.2) is 60.2 Å². The van der Waals surface area contributed by atoms with Gasteiger partial charge in [-0.3, -0.25) is 4.98 Å². The molecule has 2 aliphatic rings. The highest BCUT2D eigenvalue weighted by molar-refractivity contribution is 7.89. The van der Waals surface area contributed by atoms with E-state index in [0.29, 0.717) is 54.3 Å². The summed E-state index contributed by atoms with van der Waals surface area (Å²) in [5.41, 5.74) is 1.27. The molecule has 0 radical (unpaired) electrons. The van der Waals surface area contributed by atoms with Crippen LogP contribution < -0.4 is 14.4 Å². The molecule has 0 amide bonds. The van der Waals surface area contributed by atoms with E-state index < -0.39 is 9.92 Å². The molecule has 29 heavy (non-hydrogen) atoms. The summed E-state index contributed by atoms with van der Waals surface area (Å²) in [7, 11) is 0.456. The number of pyridine rings is 1. The second-order valence-corrected chi connectivity index (χ2v) is 10.2. The second-order valence-electron chi connectivity index (χ2n) is 8.08. The molecular weight excluding hydrogens is 395 g/mol. The fourth-order valence-electron chi connectivity index (χ4n) is 4.61. The Morgan fingerprint density at radius 2 is 1.76 bits per heavy atom. The summed E-state index contributed by atoms with van der Waals surface area (Å²) in [6.45, 7) is 2.80. The third-order valence-electron chi connectivity index (χ3n) is 6.34. The van der Waals surface area contributed by atoms with Gasteiger partial charge in [0.25, 0.3) is 0 Å². The molecule has 1 aromatic carbocycles. The van der Waals surface area contributed by atoms with Crippen LogP contribution in [0.3, 0.4) is 0 Å². The van der Waals surface area contributed by atoms with Crippen molar-refractivity contribution >= 4 is 26.5 Å². The minimum Gasteiger partial charge on any atom is -0.493 e. The summed E-state index contributed by atoms with van der Waals surface area (Å²) >= 11 is 0. The number of nitrogens with one attached hydrogen (secondary N) is 1. The minimum absolute atomic E-state index is 0.0659. The Hall–Kier alpha value is -2.13. The Kier molecular flexibility index (Phi) is 5.06. The van der Waals surface area contributed by atoms with Crippen LogP contribution in [0.15, 0.2) is 18.3 Å². The van der Waals surface area contributed by atoms with Gasteiger partial charge in [-0.05, 0) is 30.7 Å². The van der Waals surface area contributed by atoms with Gasteiger partial charge in [-0.15, -0.1) is 0 Å². The highest BCUT2D eigenvalue weighted by Crippen LogP contribution is 2.44. The van der Waals surface area contributed by atoms with Crippen molar-refractivity contribution in [3.63, 3.8) is 0 Å². The number of hydrogen-bond donors (Lipinski definition) is 1. The lowest BCUT2D eigenvalue weighted by molar-refractivity contribution is 0.235. The van der Waals surface area contributed by atoms with Gasteiger partial charge in [0.15, 0.2) is 17.3 Å². The molecule has 2 fully saturated rings. The maximum atomic E-state index is 14.9. The number of ether oxygens (including phenoxy) is 2. The molecule has 0 bridgehead atoms. The number of fused-ring (bicyclic) bond motifs is 1. The van der Waals surface area contributed by atoms with Gasteiger partial charge in [-0.1, -0.05) is 0 Å². The number of anilines is 1. The number of methoxy groups -OCH3 is 2. The van der Waals surface area contributed by atoms with Gasteiger partial charge in [-0.25, -0.2) is 17.7 Å². The summed E-state index contributed by atoms with van der Waals surface area (Å²) in [6, 6.07) is 3.55.